The van der Waals surface area contributed by atoms with Crippen molar-refractivity contribution in [3.05, 3.63) is 5.69 Å². The van der Waals surface area contributed by atoms with Gasteiger partial charge in [-0.25, -0.2) is 4.68 Å². The lowest BCUT2D eigenvalue weighted by atomic mass is 9.95. The number of hydrogen-bond donors (Lipinski definition) is 1. The number of rotatable bonds is 4. The highest BCUT2D eigenvalue weighted by Crippen LogP contribution is 2.30. The maximum absolute atomic E-state index is 6.06. The number of anilines is 1. The van der Waals surface area contributed by atoms with Gasteiger partial charge in [-0.3, -0.25) is 0 Å². The molecule has 1 saturated carbocycles. The number of aryl methyl sites for hydroxylation is 2. The Balaban J connectivity index is 2.07. The Bertz CT molecular complexity index is 403. The Morgan fingerprint density at radius 3 is 2.72 bits per heavy atom. The first kappa shape index (κ1) is 13.2. The second-order valence-electron chi connectivity index (χ2n) is 4.91. The first-order valence-electron chi connectivity index (χ1n) is 6.66. The van der Waals surface area contributed by atoms with Crippen molar-refractivity contribution < 1.29 is 9.47 Å². The first-order valence-corrected chi connectivity index (χ1v) is 6.66. The Morgan fingerprint density at radius 2 is 2.11 bits per heavy atom. The van der Waals surface area contributed by atoms with Crippen molar-refractivity contribution >= 4 is 5.69 Å². The molecule has 0 aliphatic heterocycles. The molecular weight excluding hydrogens is 230 g/mol. The number of hydrogen-bond acceptors (Lipinski definition) is 4. The van der Waals surface area contributed by atoms with E-state index in [9.17, 15) is 0 Å². The Morgan fingerprint density at radius 1 is 1.39 bits per heavy atom. The highest BCUT2D eigenvalue weighted by atomic mass is 16.5. The van der Waals surface area contributed by atoms with Gasteiger partial charge in [-0.2, -0.15) is 5.10 Å². The highest BCUT2D eigenvalue weighted by molar-refractivity contribution is 5.53. The molecule has 2 unspecified atom stereocenters. The molecule has 2 rings (SSSR count). The number of nitrogen functional groups attached to an aromatic ring is 1. The summed E-state index contributed by atoms with van der Waals surface area (Å²) in [5.74, 6) is 0.702. The van der Waals surface area contributed by atoms with Crippen LogP contribution in [-0.4, -0.2) is 29.1 Å². The molecule has 1 aromatic rings. The van der Waals surface area contributed by atoms with Gasteiger partial charge in [0, 0.05) is 20.6 Å². The van der Waals surface area contributed by atoms with E-state index in [1.165, 1.54) is 0 Å². The summed E-state index contributed by atoms with van der Waals surface area (Å²) < 4.78 is 13.2. The van der Waals surface area contributed by atoms with Crippen LogP contribution >= 0.6 is 0 Å². The van der Waals surface area contributed by atoms with Gasteiger partial charge in [0.05, 0.1) is 11.8 Å². The molecule has 0 spiro atoms. The average molecular weight is 253 g/mol. The molecule has 0 radical (unpaired) electrons. The van der Waals surface area contributed by atoms with Crippen LogP contribution in [0, 0.1) is 0 Å². The van der Waals surface area contributed by atoms with E-state index in [2.05, 4.69) is 5.10 Å². The molecule has 1 aromatic heterocycles. The third-order valence-electron chi connectivity index (χ3n) is 3.63. The van der Waals surface area contributed by atoms with Gasteiger partial charge in [0.25, 0.3) is 0 Å². The van der Waals surface area contributed by atoms with Crippen molar-refractivity contribution in [3.8, 4) is 5.88 Å². The van der Waals surface area contributed by atoms with Crippen molar-refractivity contribution in [1.82, 2.24) is 9.78 Å². The zero-order chi connectivity index (χ0) is 13.1. The van der Waals surface area contributed by atoms with Gasteiger partial charge in [0.1, 0.15) is 11.8 Å². The van der Waals surface area contributed by atoms with Crippen LogP contribution in [0.25, 0.3) is 0 Å². The van der Waals surface area contributed by atoms with Gasteiger partial charge in [-0.15, -0.1) is 0 Å². The summed E-state index contributed by atoms with van der Waals surface area (Å²) in [5.41, 5.74) is 7.65. The van der Waals surface area contributed by atoms with E-state index in [1.54, 1.807) is 11.8 Å². The standard InChI is InChI=1S/C13H23N3O2/c1-4-11-12(14)13(16(2)15-11)18-10-7-5-6-9(8-10)17-3/h9-10H,4-8,14H2,1-3H3. The number of ether oxygens (including phenoxy) is 2. The van der Waals surface area contributed by atoms with Crippen LogP contribution in [0.3, 0.4) is 0 Å². The minimum Gasteiger partial charge on any atom is -0.473 e. The molecule has 0 aromatic carbocycles. The molecule has 5 heteroatoms. The summed E-state index contributed by atoms with van der Waals surface area (Å²) in [6.07, 6.45) is 5.58. The molecular formula is C13H23N3O2. The molecule has 0 bridgehead atoms. The maximum Gasteiger partial charge on any atom is 0.236 e. The zero-order valence-electron chi connectivity index (χ0n) is 11.5. The first-order chi connectivity index (χ1) is 8.65. The smallest absolute Gasteiger partial charge is 0.236 e. The van der Waals surface area contributed by atoms with Crippen molar-refractivity contribution in [2.45, 2.75) is 51.2 Å². The number of nitrogens with two attached hydrogens (primary N) is 1. The van der Waals surface area contributed by atoms with E-state index in [0.29, 0.717) is 17.7 Å². The largest absolute Gasteiger partial charge is 0.473 e. The summed E-state index contributed by atoms with van der Waals surface area (Å²) in [5, 5.41) is 4.37. The summed E-state index contributed by atoms with van der Waals surface area (Å²) in [6, 6.07) is 0. The van der Waals surface area contributed by atoms with E-state index in [4.69, 9.17) is 15.2 Å². The SMILES string of the molecule is CCc1nn(C)c(OC2CCCC(OC)C2)c1N. The predicted octanol–water partition coefficient (Wildman–Crippen LogP) is 1.90. The van der Waals surface area contributed by atoms with E-state index >= 15 is 0 Å². The van der Waals surface area contributed by atoms with Crippen LogP contribution in [0.1, 0.15) is 38.3 Å². The Kier molecular flexibility index (Phi) is 4.11. The third kappa shape index (κ3) is 2.61. The predicted molar refractivity (Wildman–Crippen MR) is 70.7 cm³/mol. The molecule has 0 saturated heterocycles. The second kappa shape index (κ2) is 5.61. The van der Waals surface area contributed by atoms with Crippen molar-refractivity contribution in [1.29, 1.82) is 0 Å². The van der Waals surface area contributed by atoms with Gasteiger partial charge in [0.2, 0.25) is 5.88 Å². The minimum atomic E-state index is 0.186. The van der Waals surface area contributed by atoms with Crippen LogP contribution in [-0.2, 0) is 18.2 Å². The normalized spacial score (nSPS) is 24.2. The average Bonchev–Trinajstić information content (AvgIpc) is 2.66. The van der Waals surface area contributed by atoms with Gasteiger partial charge in [-0.1, -0.05) is 6.92 Å². The Hall–Kier alpha value is -1.23. The lowest BCUT2D eigenvalue weighted by Gasteiger charge is -2.28. The quantitative estimate of drug-likeness (QED) is 0.890. The fraction of sp³-hybridized carbons (Fsp3) is 0.769. The molecule has 1 aliphatic rings. The Labute approximate surface area is 108 Å². The number of aromatic nitrogens is 2. The fourth-order valence-corrected chi connectivity index (χ4v) is 2.56. The maximum atomic E-state index is 6.06. The molecule has 2 N–H and O–H groups in total. The van der Waals surface area contributed by atoms with Gasteiger partial charge < -0.3 is 15.2 Å². The topological polar surface area (TPSA) is 62.3 Å². The second-order valence-corrected chi connectivity index (χ2v) is 4.91. The van der Waals surface area contributed by atoms with Crippen LogP contribution in [0.5, 0.6) is 5.88 Å². The fourth-order valence-electron chi connectivity index (χ4n) is 2.56. The summed E-state index contributed by atoms with van der Waals surface area (Å²) in [4.78, 5) is 0. The van der Waals surface area contributed by atoms with Crippen LogP contribution in [0.15, 0.2) is 0 Å². The van der Waals surface area contributed by atoms with Crippen LogP contribution in [0.4, 0.5) is 5.69 Å². The third-order valence-corrected chi connectivity index (χ3v) is 3.63. The van der Waals surface area contributed by atoms with Gasteiger partial charge in [-0.05, 0) is 25.7 Å². The van der Waals surface area contributed by atoms with Crippen LogP contribution in [0.2, 0.25) is 0 Å². The van der Waals surface area contributed by atoms with Gasteiger partial charge >= 0.3 is 0 Å². The molecule has 0 amide bonds. The molecule has 1 fully saturated rings. The monoisotopic (exact) mass is 253 g/mol. The molecule has 102 valence electrons. The van der Waals surface area contributed by atoms with Crippen molar-refractivity contribution in [2.75, 3.05) is 12.8 Å². The molecule has 1 heterocycles. The summed E-state index contributed by atoms with van der Waals surface area (Å²) in [7, 11) is 3.64. The molecule has 18 heavy (non-hydrogen) atoms. The summed E-state index contributed by atoms with van der Waals surface area (Å²) >= 11 is 0. The molecule has 1 aliphatic carbocycles. The van der Waals surface area contributed by atoms with E-state index in [1.807, 2.05) is 14.0 Å². The lowest BCUT2D eigenvalue weighted by Crippen LogP contribution is -2.30. The van der Waals surface area contributed by atoms with E-state index in [0.717, 1.165) is 37.8 Å². The number of methoxy groups -OCH3 is 1. The lowest BCUT2D eigenvalue weighted by molar-refractivity contribution is 0.0184. The molecule has 5 nitrogen and oxygen atoms in total. The van der Waals surface area contributed by atoms with Crippen molar-refractivity contribution in [3.63, 3.8) is 0 Å². The van der Waals surface area contributed by atoms with Gasteiger partial charge in [0.15, 0.2) is 0 Å². The highest BCUT2D eigenvalue weighted by Gasteiger charge is 2.25. The van der Waals surface area contributed by atoms with Crippen LogP contribution < -0.4 is 10.5 Å². The number of nitrogens with zero attached hydrogens (tertiary/aromatic N) is 2. The van der Waals surface area contributed by atoms with Crippen molar-refractivity contribution in [2.24, 2.45) is 7.05 Å². The zero-order valence-corrected chi connectivity index (χ0v) is 11.5. The minimum absolute atomic E-state index is 0.186. The van der Waals surface area contributed by atoms with E-state index < -0.39 is 0 Å². The summed E-state index contributed by atoms with van der Waals surface area (Å²) in [6.45, 7) is 2.05. The molecule has 2 atom stereocenters. The van der Waals surface area contributed by atoms with E-state index in [-0.39, 0.29) is 6.10 Å².